The fraction of sp³-hybridized carbons (Fsp3) is 0.481. The molecule has 2 aliphatic heterocycles. The highest BCUT2D eigenvalue weighted by Gasteiger charge is 2.65. The van der Waals surface area contributed by atoms with Crippen molar-refractivity contribution < 1.29 is 38.8 Å². The number of ether oxygens (including phenoxy) is 4. The largest absolute Gasteiger partial charge is 0.459 e. The van der Waals surface area contributed by atoms with Crippen molar-refractivity contribution >= 4 is 22.4 Å². The summed E-state index contributed by atoms with van der Waals surface area (Å²) in [6.45, 7) is 11.9. The van der Waals surface area contributed by atoms with Gasteiger partial charge in [-0.3, -0.25) is 4.79 Å². The SMILES string of the molecule is C=CCO[C@@]12Oc3ccc(Oc4ccc(C)c(C)c4)cc3[C@H]3[C@H](CCCCO)[C@@H](CCCCO)C=C(C(=NOC4CCCCO4)C[C@@H]1N(CCC)C(=O)c1ccc4ccccc4c1)[C@H]32. The van der Waals surface area contributed by atoms with E-state index < -0.39 is 24.0 Å². The number of carbonyl (C=O) groups is 1. The number of hydrogen-bond donors (Lipinski definition) is 2. The van der Waals surface area contributed by atoms with E-state index in [4.69, 9.17) is 28.9 Å². The maximum Gasteiger partial charge on any atom is 0.254 e. The number of nitrogens with zero attached hydrogens (tertiary/aromatic N) is 2. The summed E-state index contributed by atoms with van der Waals surface area (Å²) < 4.78 is 27.4. The zero-order valence-electron chi connectivity index (χ0n) is 37.9. The second-order valence-electron chi connectivity index (χ2n) is 18.1. The van der Waals surface area contributed by atoms with E-state index in [2.05, 4.69) is 57.7 Å². The molecule has 0 spiro atoms. The van der Waals surface area contributed by atoms with E-state index in [1.54, 1.807) is 6.08 Å². The summed E-state index contributed by atoms with van der Waals surface area (Å²) in [6, 6.07) is 25.6. The van der Waals surface area contributed by atoms with Crippen molar-refractivity contribution in [1.82, 2.24) is 4.90 Å². The predicted octanol–water partition coefficient (Wildman–Crippen LogP) is 11.0. The molecule has 1 saturated carbocycles. The Morgan fingerprint density at radius 2 is 1.70 bits per heavy atom. The highest BCUT2D eigenvalue weighted by Crippen LogP contribution is 2.62. The molecule has 8 rings (SSSR count). The average Bonchev–Trinajstić information content (AvgIpc) is 3.32. The van der Waals surface area contributed by atoms with Crippen molar-refractivity contribution in [2.75, 3.05) is 33.0 Å². The third kappa shape index (κ3) is 9.52. The van der Waals surface area contributed by atoms with Gasteiger partial charge >= 0.3 is 0 Å². The molecule has 10 nitrogen and oxygen atoms in total. The molecule has 4 aromatic carbocycles. The number of hydrogen-bond acceptors (Lipinski definition) is 9. The number of rotatable bonds is 19. The molecule has 4 aromatic rings. The molecule has 64 heavy (non-hydrogen) atoms. The lowest BCUT2D eigenvalue weighted by Crippen LogP contribution is -2.70. The first-order valence-electron chi connectivity index (χ1n) is 23.7. The Bertz CT molecular complexity index is 2320. The zero-order chi connectivity index (χ0) is 44.6. The van der Waals surface area contributed by atoms with Gasteiger partial charge < -0.3 is 38.9 Å². The third-order valence-electron chi connectivity index (χ3n) is 13.9. The molecule has 7 atom stereocenters. The normalized spacial score (nSPS) is 25.5. The number of oxime groups is 1. The fourth-order valence-corrected chi connectivity index (χ4v) is 10.7. The van der Waals surface area contributed by atoms with Crippen LogP contribution in [0.15, 0.2) is 108 Å². The molecule has 1 unspecified atom stereocenters. The Morgan fingerprint density at radius 1 is 0.922 bits per heavy atom. The number of aliphatic hydroxyl groups excluding tert-OH is 2. The Kier molecular flexibility index (Phi) is 14.9. The van der Waals surface area contributed by atoms with Crippen molar-refractivity contribution in [3.63, 3.8) is 0 Å². The summed E-state index contributed by atoms with van der Waals surface area (Å²) in [4.78, 5) is 23.6. The number of carbonyl (C=O) groups excluding carboxylic acids is 1. The Labute approximate surface area is 378 Å². The molecule has 2 aliphatic carbocycles. The lowest BCUT2D eigenvalue weighted by molar-refractivity contribution is -0.254. The van der Waals surface area contributed by atoms with Gasteiger partial charge in [0.2, 0.25) is 12.1 Å². The summed E-state index contributed by atoms with van der Waals surface area (Å²) in [7, 11) is 0. The highest BCUT2D eigenvalue weighted by molar-refractivity contribution is 6.04. The molecule has 4 aliphatic rings. The summed E-state index contributed by atoms with van der Waals surface area (Å²) >= 11 is 0. The van der Waals surface area contributed by atoms with Crippen molar-refractivity contribution in [2.24, 2.45) is 22.9 Å². The van der Waals surface area contributed by atoms with Gasteiger partial charge in [-0.25, -0.2) is 0 Å². The maximum atomic E-state index is 15.3. The number of benzene rings is 4. The van der Waals surface area contributed by atoms with Crippen LogP contribution in [-0.4, -0.2) is 77.8 Å². The van der Waals surface area contributed by atoms with Gasteiger partial charge in [0.25, 0.3) is 5.91 Å². The van der Waals surface area contributed by atoms with E-state index in [9.17, 15) is 10.2 Å². The van der Waals surface area contributed by atoms with E-state index in [0.29, 0.717) is 55.9 Å². The van der Waals surface area contributed by atoms with Crippen LogP contribution < -0.4 is 9.47 Å². The van der Waals surface area contributed by atoms with E-state index >= 15 is 4.79 Å². The van der Waals surface area contributed by atoms with Crippen LogP contribution in [0.3, 0.4) is 0 Å². The van der Waals surface area contributed by atoms with Crippen molar-refractivity contribution in [3.05, 3.63) is 125 Å². The molecule has 0 aromatic heterocycles. The lowest BCUT2D eigenvalue weighted by atomic mass is 9.55. The molecule has 1 amide bonds. The Balaban J connectivity index is 1.33. The number of unbranched alkanes of at least 4 members (excludes halogenated alkanes) is 2. The van der Waals surface area contributed by atoms with E-state index in [0.717, 1.165) is 83.9 Å². The number of allylic oxidation sites excluding steroid dienone is 1. The van der Waals surface area contributed by atoms with E-state index in [1.165, 1.54) is 5.56 Å². The quantitative estimate of drug-likeness (QED) is 0.0543. The van der Waals surface area contributed by atoms with Gasteiger partial charge in [0.1, 0.15) is 23.3 Å². The number of aryl methyl sites for hydroxylation is 2. The minimum absolute atomic E-state index is 0.0867. The van der Waals surface area contributed by atoms with E-state index in [1.807, 2.05) is 59.5 Å². The molecule has 2 fully saturated rings. The fourth-order valence-electron chi connectivity index (χ4n) is 10.7. The van der Waals surface area contributed by atoms with Crippen LogP contribution in [0, 0.1) is 31.6 Å². The molecular weight excluding hydrogens is 805 g/mol. The van der Waals surface area contributed by atoms with Gasteiger partial charge in [0.15, 0.2) is 0 Å². The van der Waals surface area contributed by atoms with E-state index in [-0.39, 0.29) is 43.5 Å². The molecule has 340 valence electrons. The Morgan fingerprint density at radius 3 is 2.45 bits per heavy atom. The van der Waals surface area contributed by atoms with Crippen molar-refractivity contribution in [2.45, 2.75) is 115 Å². The summed E-state index contributed by atoms with van der Waals surface area (Å²) in [5.41, 5.74) is 5.70. The number of fused-ring (bicyclic) bond motifs is 3. The zero-order valence-corrected chi connectivity index (χ0v) is 37.9. The first kappa shape index (κ1) is 45.6. The lowest BCUT2D eigenvalue weighted by Gasteiger charge is -2.60. The van der Waals surface area contributed by atoms with Crippen LogP contribution >= 0.6 is 0 Å². The molecule has 2 N–H and O–H groups in total. The van der Waals surface area contributed by atoms with Gasteiger partial charge in [-0.15, -0.1) is 6.58 Å². The monoisotopic (exact) mass is 870 g/mol. The van der Waals surface area contributed by atoms with Crippen LogP contribution in [0.25, 0.3) is 10.8 Å². The minimum Gasteiger partial charge on any atom is -0.459 e. The van der Waals surface area contributed by atoms with Gasteiger partial charge in [-0.2, -0.15) is 0 Å². The number of amides is 1. The molecular formula is C54H66N2O8. The second kappa shape index (κ2) is 20.9. The molecule has 0 radical (unpaired) electrons. The summed E-state index contributed by atoms with van der Waals surface area (Å²) in [6.07, 6.45) is 12.2. The van der Waals surface area contributed by atoms with Gasteiger partial charge in [0.05, 0.1) is 24.8 Å². The molecule has 2 heterocycles. The Hall–Kier alpha value is -5.00. The van der Waals surface area contributed by atoms with Crippen molar-refractivity contribution in [3.8, 4) is 17.2 Å². The van der Waals surface area contributed by atoms with Crippen LogP contribution in [0.2, 0.25) is 0 Å². The van der Waals surface area contributed by atoms with Crippen LogP contribution in [0.5, 0.6) is 17.2 Å². The third-order valence-corrected chi connectivity index (χ3v) is 13.9. The van der Waals surface area contributed by atoms with Crippen LogP contribution in [0.4, 0.5) is 0 Å². The smallest absolute Gasteiger partial charge is 0.254 e. The highest BCUT2D eigenvalue weighted by atomic mass is 16.8. The summed E-state index contributed by atoms with van der Waals surface area (Å²) in [5.74, 6) is 0.263. The molecule has 1 saturated heterocycles. The topological polar surface area (TPSA) is 119 Å². The van der Waals surface area contributed by atoms with Gasteiger partial charge in [-0.05, 0) is 141 Å². The van der Waals surface area contributed by atoms with Gasteiger partial charge in [-0.1, -0.05) is 73.5 Å². The standard InChI is InChI=1S/C54H66N2O8/c1-5-26-56(53(59)41-22-21-38-15-7-8-16-39(38)32-41)49-35-47(55-64-50-19-11-14-30-60-50)45-33-40(17-9-12-27-57)44(18-10-13-28-58)51-46-34-43(62-42-23-20-36(3)37(4)31-42)24-25-48(46)63-54(49,52(45)51)61-29-6-2/h6-8,15-16,20-25,31-34,40,44,49-52,57-58H,2,5,9-14,17-19,26-30,35H2,1,3-4H3/t40-,44+,49-,50?,51+,52+,54+/m0/s1. The van der Waals surface area contributed by atoms with Crippen LogP contribution in [-0.2, 0) is 14.3 Å². The first-order valence-corrected chi connectivity index (χ1v) is 23.7. The van der Waals surface area contributed by atoms with Crippen LogP contribution in [0.1, 0.15) is 111 Å². The van der Waals surface area contributed by atoms with Crippen molar-refractivity contribution in [1.29, 1.82) is 0 Å². The molecule has 10 heteroatoms. The summed E-state index contributed by atoms with van der Waals surface area (Å²) in [5, 5.41) is 27.1. The molecule has 0 bridgehead atoms. The average molecular weight is 871 g/mol. The second-order valence-corrected chi connectivity index (χ2v) is 18.1. The first-order chi connectivity index (χ1) is 31.3. The van der Waals surface area contributed by atoms with Gasteiger partial charge in [0, 0.05) is 49.6 Å². The maximum absolute atomic E-state index is 15.3. The minimum atomic E-state index is -1.36. The number of aliphatic hydroxyl groups is 2. The predicted molar refractivity (Wildman–Crippen MR) is 251 cm³/mol.